The number of sulfonamides is 1. The van der Waals surface area contributed by atoms with E-state index in [-0.39, 0.29) is 23.8 Å². The zero-order chi connectivity index (χ0) is 19.5. The maximum absolute atomic E-state index is 12.9. The summed E-state index contributed by atoms with van der Waals surface area (Å²) in [6.07, 6.45) is 0. The molecule has 0 aromatic heterocycles. The Hall–Kier alpha value is -1.89. The number of hydrogen-bond donors (Lipinski definition) is 0. The Bertz CT molecular complexity index is 865. The predicted molar refractivity (Wildman–Crippen MR) is 95.2 cm³/mol. The van der Waals surface area contributed by atoms with Gasteiger partial charge in [-0.15, -0.1) is 5.92 Å². The summed E-state index contributed by atoms with van der Waals surface area (Å²) in [7, 11) is -5.58. The Balaban J connectivity index is 2.34. The van der Waals surface area contributed by atoms with E-state index < -0.39 is 37.6 Å². The Kier molecular flexibility index (Phi) is 6.11. The van der Waals surface area contributed by atoms with E-state index in [0.717, 1.165) is 4.31 Å². The summed E-state index contributed by atoms with van der Waals surface area (Å²) in [5.41, 5.74) is 0. The van der Waals surface area contributed by atoms with Crippen LogP contribution in [-0.4, -0.2) is 52.6 Å². The first-order valence-electron chi connectivity index (χ1n) is 7.86. The minimum atomic E-state index is -4.10. The lowest BCUT2D eigenvalue weighted by Crippen LogP contribution is -2.65. The number of carboxylic acid groups (broad SMARTS) is 1. The van der Waals surface area contributed by atoms with E-state index >= 15 is 0 Å². The maximum Gasteiger partial charge on any atom is 0.243 e. The van der Waals surface area contributed by atoms with Crippen molar-refractivity contribution in [2.45, 2.75) is 36.5 Å². The van der Waals surface area contributed by atoms with Crippen LogP contribution in [0.1, 0.15) is 20.8 Å². The summed E-state index contributed by atoms with van der Waals surface area (Å²) in [6, 6.07) is 4.12. The summed E-state index contributed by atoms with van der Waals surface area (Å²) in [5.74, 6) is 4.35. The van der Waals surface area contributed by atoms with Crippen LogP contribution >= 0.6 is 0 Å². The van der Waals surface area contributed by atoms with Crippen molar-refractivity contribution < 1.29 is 27.3 Å². The van der Waals surface area contributed by atoms with Crippen molar-refractivity contribution >= 4 is 26.8 Å². The van der Waals surface area contributed by atoms with E-state index in [0.29, 0.717) is 5.75 Å². The standard InChI is InChI=1S/C17H21NO6S2/c1-4-5-11-24-13-6-8-14(9-7-13)26(22,23)18-10-12-25(21)17(2,3)15(18)16(19)20/h6-9,15H,10-12H2,1-3H3,(H,19,20)/p-1. The van der Waals surface area contributed by atoms with Crippen LogP contribution in [0.3, 0.4) is 0 Å². The minimum absolute atomic E-state index is 0.0624. The van der Waals surface area contributed by atoms with Crippen molar-refractivity contribution in [3.63, 3.8) is 0 Å². The van der Waals surface area contributed by atoms with Gasteiger partial charge >= 0.3 is 0 Å². The largest absolute Gasteiger partial charge is 0.548 e. The van der Waals surface area contributed by atoms with E-state index in [2.05, 4.69) is 11.8 Å². The number of aliphatic carboxylic acids is 1. The van der Waals surface area contributed by atoms with Gasteiger partial charge in [0.1, 0.15) is 12.4 Å². The highest BCUT2D eigenvalue weighted by Crippen LogP contribution is 2.32. The Labute approximate surface area is 155 Å². The van der Waals surface area contributed by atoms with Crippen LogP contribution in [-0.2, 0) is 25.6 Å². The molecule has 1 saturated heterocycles. The summed E-state index contributed by atoms with van der Waals surface area (Å²) in [4.78, 5) is 11.6. The van der Waals surface area contributed by atoms with E-state index in [1.54, 1.807) is 6.92 Å². The number of carboxylic acids is 1. The average molecular weight is 398 g/mol. The van der Waals surface area contributed by atoms with Gasteiger partial charge in [-0.2, -0.15) is 4.31 Å². The molecule has 2 atom stereocenters. The van der Waals surface area contributed by atoms with Crippen LogP contribution < -0.4 is 9.84 Å². The molecule has 0 aliphatic carbocycles. The van der Waals surface area contributed by atoms with Gasteiger partial charge in [-0.25, -0.2) is 8.42 Å². The Morgan fingerprint density at radius 1 is 1.38 bits per heavy atom. The Morgan fingerprint density at radius 2 is 2.00 bits per heavy atom. The third-order valence-electron chi connectivity index (χ3n) is 4.17. The van der Waals surface area contributed by atoms with Gasteiger partial charge in [-0.1, -0.05) is 5.92 Å². The minimum Gasteiger partial charge on any atom is -0.548 e. The molecule has 0 bridgehead atoms. The third kappa shape index (κ3) is 3.92. The van der Waals surface area contributed by atoms with Gasteiger partial charge < -0.3 is 14.6 Å². The molecule has 9 heteroatoms. The molecule has 2 rings (SSSR count). The number of ether oxygens (including phenoxy) is 1. The highest BCUT2D eigenvalue weighted by molar-refractivity contribution is 7.90. The molecule has 0 amide bonds. The molecule has 7 nitrogen and oxygen atoms in total. The topological polar surface area (TPSA) is 104 Å². The van der Waals surface area contributed by atoms with Crippen molar-refractivity contribution in [3.8, 4) is 17.6 Å². The average Bonchev–Trinajstić information content (AvgIpc) is 2.57. The zero-order valence-corrected chi connectivity index (χ0v) is 16.4. The SMILES string of the molecule is CC#CCOc1ccc(S(=O)(=O)N2CCS(=O)C(C)(C)C2C(=O)[O-])cc1. The van der Waals surface area contributed by atoms with E-state index in [1.807, 2.05) is 0 Å². The van der Waals surface area contributed by atoms with Gasteiger partial charge in [0.2, 0.25) is 10.0 Å². The molecule has 1 heterocycles. The molecule has 26 heavy (non-hydrogen) atoms. The fourth-order valence-electron chi connectivity index (χ4n) is 2.73. The second-order valence-corrected chi connectivity index (χ2v) is 10.2. The van der Waals surface area contributed by atoms with Gasteiger partial charge in [-0.05, 0) is 45.0 Å². The maximum atomic E-state index is 12.9. The fourth-order valence-corrected chi connectivity index (χ4v) is 5.98. The van der Waals surface area contributed by atoms with Crippen LogP contribution in [0.5, 0.6) is 5.75 Å². The number of benzene rings is 1. The first-order valence-corrected chi connectivity index (χ1v) is 10.6. The zero-order valence-electron chi connectivity index (χ0n) is 14.7. The number of rotatable bonds is 5. The lowest BCUT2D eigenvalue weighted by Gasteiger charge is -2.44. The van der Waals surface area contributed by atoms with Crippen molar-refractivity contribution in [2.24, 2.45) is 0 Å². The van der Waals surface area contributed by atoms with Gasteiger partial charge in [0.05, 0.1) is 21.7 Å². The molecule has 0 spiro atoms. The van der Waals surface area contributed by atoms with E-state index in [1.165, 1.54) is 38.1 Å². The van der Waals surface area contributed by atoms with Crippen LogP contribution in [0, 0.1) is 11.8 Å². The van der Waals surface area contributed by atoms with Crippen LogP contribution in [0.4, 0.5) is 0 Å². The van der Waals surface area contributed by atoms with Crippen molar-refractivity contribution in [3.05, 3.63) is 24.3 Å². The van der Waals surface area contributed by atoms with Gasteiger partial charge in [0.15, 0.2) is 0 Å². The molecule has 1 aliphatic rings. The lowest BCUT2D eigenvalue weighted by molar-refractivity contribution is -0.311. The summed E-state index contributed by atoms with van der Waals surface area (Å²) in [5, 5.41) is 11.6. The number of carbonyl (C=O) groups is 1. The monoisotopic (exact) mass is 398 g/mol. The molecular weight excluding hydrogens is 378 g/mol. The molecular formula is C17H20NO6S2-. The lowest BCUT2D eigenvalue weighted by atomic mass is 10.0. The van der Waals surface area contributed by atoms with Crippen molar-refractivity contribution in [1.29, 1.82) is 0 Å². The molecule has 0 N–H and O–H groups in total. The first kappa shape index (κ1) is 20.4. The molecule has 142 valence electrons. The highest BCUT2D eigenvalue weighted by Gasteiger charge is 2.48. The number of carbonyl (C=O) groups excluding carboxylic acids is 1. The van der Waals surface area contributed by atoms with Crippen LogP contribution in [0.2, 0.25) is 0 Å². The predicted octanol–water partition coefficient (Wildman–Crippen LogP) is -0.261. The quantitative estimate of drug-likeness (QED) is 0.633. The third-order valence-corrected chi connectivity index (χ3v) is 8.00. The summed E-state index contributed by atoms with van der Waals surface area (Å²) < 4.78 is 43.0. The molecule has 2 unspecified atom stereocenters. The first-order chi connectivity index (χ1) is 12.1. The van der Waals surface area contributed by atoms with Gasteiger partial charge in [-0.3, -0.25) is 4.21 Å². The summed E-state index contributed by atoms with van der Waals surface area (Å²) in [6.45, 7) is 4.65. The van der Waals surface area contributed by atoms with Crippen molar-refractivity contribution in [2.75, 3.05) is 18.9 Å². The van der Waals surface area contributed by atoms with Crippen LogP contribution in [0.25, 0.3) is 0 Å². The number of hydrogen-bond acceptors (Lipinski definition) is 6. The van der Waals surface area contributed by atoms with E-state index in [4.69, 9.17) is 4.74 Å². The normalized spacial score (nSPS) is 22.9. The molecule has 1 aliphatic heterocycles. The molecule has 1 aromatic carbocycles. The fraction of sp³-hybridized carbons (Fsp3) is 0.471. The molecule has 1 aromatic rings. The smallest absolute Gasteiger partial charge is 0.243 e. The van der Waals surface area contributed by atoms with E-state index in [9.17, 15) is 22.5 Å². The number of nitrogens with zero attached hydrogens (tertiary/aromatic N) is 1. The highest BCUT2D eigenvalue weighted by atomic mass is 32.2. The molecule has 0 radical (unpaired) electrons. The Morgan fingerprint density at radius 3 is 2.54 bits per heavy atom. The van der Waals surface area contributed by atoms with Gasteiger partial charge in [0.25, 0.3) is 0 Å². The second-order valence-electron chi connectivity index (χ2n) is 6.18. The second kappa shape index (κ2) is 7.78. The van der Waals surface area contributed by atoms with Crippen LogP contribution in [0.15, 0.2) is 29.2 Å². The molecule has 0 saturated carbocycles. The van der Waals surface area contributed by atoms with Crippen molar-refractivity contribution in [1.82, 2.24) is 4.31 Å². The van der Waals surface area contributed by atoms with Gasteiger partial charge in [0, 0.05) is 23.1 Å². The summed E-state index contributed by atoms with van der Waals surface area (Å²) >= 11 is 0. The molecule has 1 fully saturated rings.